The molecule has 32 heteroatoms. The molecule has 0 unspecified atom stereocenters. The molecule has 0 saturated carbocycles. The fourth-order valence-electron chi connectivity index (χ4n) is 0. The van der Waals surface area contributed by atoms with E-state index in [1.807, 2.05) is 0 Å². The van der Waals surface area contributed by atoms with E-state index in [1.165, 1.54) is 0 Å². The fourth-order valence-corrected chi connectivity index (χ4v) is 0. The first-order chi connectivity index (χ1) is 14.1. The van der Waals surface area contributed by atoms with Crippen molar-refractivity contribution in [1.82, 2.24) is 0 Å². The third-order valence-corrected chi connectivity index (χ3v) is 0. The summed E-state index contributed by atoms with van der Waals surface area (Å²) in [7, 11) is 0. The van der Waals surface area contributed by atoms with Crippen LogP contribution in [0.15, 0.2) is 53.4 Å². The van der Waals surface area contributed by atoms with Crippen molar-refractivity contribution in [3.63, 3.8) is 0 Å². The molecule has 0 atom stereocenters. The maximum atomic E-state index is 8.00. The van der Waals surface area contributed by atoms with Gasteiger partial charge >= 0.3 is 21.7 Å². The molecule has 186 valence electrons. The first-order valence-electron chi connectivity index (χ1n) is 3.65. The molecule has 30 nitrogen and oxygen atoms in total. The van der Waals surface area contributed by atoms with Crippen molar-refractivity contribution >= 4 is 0 Å². The van der Waals surface area contributed by atoms with Gasteiger partial charge in [0.2, 0.25) is 0 Å². The molecule has 0 aliphatic carbocycles. The van der Waals surface area contributed by atoms with E-state index in [2.05, 4.69) is 0 Å². The van der Waals surface area contributed by atoms with Crippen LogP contribution in [0.1, 0.15) is 0 Å². The van der Waals surface area contributed by atoms with Crippen molar-refractivity contribution in [3.8, 4) is 0 Å². The van der Waals surface area contributed by atoms with E-state index in [1.54, 1.807) is 0 Å². The van der Waals surface area contributed by atoms with Crippen LogP contribution in [0, 0.1) is 101 Å². The summed E-state index contributed by atoms with van der Waals surface area (Å²) >= 11 is 0. The Morgan fingerprint density at radius 1 is 0.250 bits per heavy atom. The summed E-state index contributed by atoms with van der Waals surface area (Å²) < 4.78 is 0. The van der Waals surface area contributed by atoms with E-state index >= 15 is 0 Å². The summed E-state index contributed by atoms with van der Waals surface area (Å²) in [5.74, 6) is 0. The van der Waals surface area contributed by atoms with E-state index in [0.29, 0.717) is 0 Å². The van der Waals surface area contributed by atoms with Gasteiger partial charge in [0, 0.05) is 21.1 Å². The van der Waals surface area contributed by atoms with Gasteiger partial charge in [0.25, 0.3) is 0 Å². The minimum absolute atomic E-state index is 0. The van der Waals surface area contributed by atoms with E-state index < -0.39 is 0 Å². The van der Waals surface area contributed by atoms with Crippen LogP contribution >= 0.6 is 0 Å². The predicted octanol–water partition coefficient (Wildman–Crippen LogP) is 2.50. The molecule has 0 aromatic carbocycles. The van der Waals surface area contributed by atoms with Crippen LogP contribution in [0.4, 0.5) is 0 Å². The van der Waals surface area contributed by atoms with Crippen molar-refractivity contribution in [3.05, 3.63) is 101 Å². The Morgan fingerprint density at radius 3 is 0.250 bits per heavy atom. The smallest absolute Gasteiger partial charge is 0.444 e. The monoisotopic (exact) mass is 692 g/mol. The molecular formula is N10O20TiW-6. The minimum Gasteiger partial charge on any atom is -0.444 e. The zero-order valence-corrected chi connectivity index (χ0v) is 18.0. The third kappa shape index (κ3) is 716. The molecule has 0 aliphatic heterocycles. The van der Waals surface area contributed by atoms with Crippen LogP contribution in [-0.4, -0.2) is 0 Å². The molecule has 0 N–H and O–H groups in total. The van der Waals surface area contributed by atoms with Crippen molar-refractivity contribution in [2.45, 2.75) is 0 Å². The minimum atomic E-state index is 0. The molecule has 0 fully saturated rings. The van der Waals surface area contributed by atoms with Gasteiger partial charge in [-0.3, -0.25) is 0 Å². The second kappa shape index (κ2) is 584. The van der Waals surface area contributed by atoms with E-state index in [4.69, 9.17) is 101 Å². The summed E-state index contributed by atoms with van der Waals surface area (Å²) in [5.41, 5.74) is 0. The quantitative estimate of drug-likeness (QED) is 0.200. The van der Waals surface area contributed by atoms with Gasteiger partial charge < -0.3 is 101 Å². The van der Waals surface area contributed by atoms with E-state index in [-0.39, 0.29) is 42.8 Å². The molecule has 0 aromatic rings. The molecule has 0 heterocycles. The number of hydrogen-bond donors (Lipinski definition) is 0. The Bertz CT molecular complexity index is 215. The second-order valence-electron chi connectivity index (χ2n) is 0.745. The average molecular weight is 692 g/mol. The normalized spacial score (nSPS) is 3.75. The second-order valence-corrected chi connectivity index (χ2v) is 0.745. The first-order valence-corrected chi connectivity index (χ1v) is 3.65. The molecule has 0 bridgehead atoms. The molecule has 32 heavy (non-hydrogen) atoms. The topological polar surface area (TPSA) is 525 Å². The largest absolute Gasteiger partial charge is 4.00 e. The van der Waals surface area contributed by atoms with Gasteiger partial charge in [0.1, 0.15) is 0 Å². The van der Waals surface area contributed by atoms with Gasteiger partial charge in [-0.1, -0.05) is 0 Å². The predicted molar refractivity (Wildman–Crippen MR) is 91.6 cm³/mol. The fraction of sp³-hybridized carbons (Fsp3) is 0. The SMILES string of the molecule is O=N[O-].O=N[O-].O=N[O-].O=N[O-].O=N[O-].O=N[O-].O=N[O-].O=N[O-].O=N[O-].O=N[O-].[Ti+4].[W]. The van der Waals surface area contributed by atoms with Crippen molar-refractivity contribution in [1.29, 1.82) is 0 Å². The van der Waals surface area contributed by atoms with Gasteiger partial charge in [-0.15, -0.1) is 53.4 Å². The van der Waals surface area contributed by atoms with Crippen LogP contribution < -0.4 is 0 Å². The standard InChI is InChI=1S/10HNO2.Ti.W/c10*2-1-3;;/h10*(H,2,3);;/q;;;;;;;;;;+4;/p-10. The maximum absolute atomic E-state index is 8.00. The van der Waals surface area contributed by atoms with Crippen molar-refractivity contribution < 1.29 is 42.8 Å². The van der Waals surface area contributed by atoms with Gasteiger partial charge in [-0.2, -0.15) is 0 Å². The van der Waals surface area contributed by atoms with Crippen LogP contribution in [0.5, 0.6) is 0 Å². The van der Waals surface area contributed by atoms with Crippen LogP contribution in [0.25, 0.3) is 0 Å². The molecular weight excluding hydrogens is 692 g/mol. The number of hydrogen-bond acceptors (Lipinski definition) is 30. The van der Waals surface area contributed by atoms with Gasteiger partial charge in [0.15, 0.2) is 0 Å². The van der Waals surface area contributed by atoms with Crippen LogP contribution in [0.3, 0.4) is 0 Å². The summed E-state index contributed by atoms with van der Waals surface area (Å²) in [5, 5.41) is 90.0. The molecule has 0 aromatic heterocycles. The third-order valence-electron chi connectivity index (χ3n) is 0. The summed E-state index contributed by atoms with van der Waals surface area (Å²) in [4.78, 5) is 80.0. The molecule has 0 aliphatic rings. The number of nitrogens with zero attached hydrogens (tertiary/aromatic N) is 10. The van der Waals surface area contributed by atoms with Gasteiger partial charge in [0.05, 0.1) is 0 Å². The molecule has 0 radical (unpaired) electrons. The van der Waals surface area contributed by atoms with Gasteiger partial charge in [-0.05, 0) is 0 Å². The Hall–Kier alpha value is -4.60. The van der Waals surface area contributed by atoms with Crippen LogP contribution in [-0.2, 0) is 42.8 Å². The summed E-state index contributed by atoms with van der Waals surface area (Å²) in [6.07, 6.45) is 0. The molecule has 0 rings (SSSR count). The summed E-state index contributed by atoms with van der Waals surface area (Å²) in [6, 6.07) is 0. The van der Waals surface area contributed by atoms with E-state index in [9.17, 15) is 0 Å². The number of rotatable bonds is 0. The Kier molecular flexibility index (Phi) is 1470. The molecule has 0 amide bonds. The van der Waals surface area contributed by atoms with Crippen molar-refractivity contribution in [2.75, 3.05) is 0 Å². The maximum Gasteiger partial charge on any atom is 4.00 e. The summed E-state index contributed by atoms with van der Waals surface area (Å²) in [6.45, 7) is 0. The average Bonchev–Trinajstić information content (AvgIpc) is 2.61. The molecule has 0 saturated heterocycles. The Morgan fingerprint density at radius 2 is 0.250 bits per heavy atom. The Balaban J connectivity index is -0.0000000138. The van der Waals surface area contributed by atoms with Gasteiger partial charge in [-0.25, -0.2) is 0 Å². The zero-order chi connectivity index (χ0) is 27.1. The first kappa shape index (κ1) is 80.5. The Labute approximate surface area is 197 Å². The van der Waals surface area contributed by atoms with E-state index in [0.717, 1.165) is 53.4 Å². The zero-order valence-electron chi connectivity index (χ0n) is 13.5. The molecule has 0 spiro atoms. The van der Waals surface area contributed by atoms with Crippen LogP contribution in [0.2, 0.25) is 0 Å². The van der Waals surface area contributed by atoms with Crippen molar-refractivity contribution in [2.24, 2.45) is 53.4 Å².